The quantitative estimate of drug-likeness (QED) is 0.542. The molecule has 0 saturated carbocycles. The number of esters is 1. The van der Waals surface area contributed by atoms with Crippen molar-refractivity contribution in [3.63, 3.8) is 0 Å². The van der Waals surface area contributed by atoms with Crippen molar-refractivity contribution < 1.29 is 9.53 Å². The number of methoxy groups -OCH3 is 1. The second-order valence-corrected chi connectivity index (χ2v) is 4.02. The van der Waals surface area contributed by atoms with Crippen LogP contribution >= 0.6 is 11.3 Å². The number of rotatable bonds is 1. The highest BCUT2D eigenvalue weighted by atomic mass is 32.1. The van der Waals surface area contributed by atoms with Gasteiger partial charge in [0.05, 0.1) is 13.7 Å². The maximum absolute atomic E-state index is 11.3. The Bertz CT molecular complexity index is 565. The molecular formula is C11H7NO2S. The van der Waals surface area contributed by atoms with E-state index in [0.29, 0.717) is 10.6 Å². The average molecular weight is 217 g/mol. The summed E-state index contributed by atoms with van der Waals surface area (Å²) in [6.45, 7) is 6.88. The smallest absolute Gasteiger partial charge is 0.348 e. The van der Waals surface area contributed by atoms with Crippen LogP contribution in [0, 0.1) is 6.57 Å². The van der Waals surface area contributed by atoms with Gasteiger partial charge in [-0.25, -0.2) is 9.64 Å². The van der Waals surface area contributed by atoms with E-state index in [-0.39, 0.29) is 5.97 Å². The van der Waals surface area contributed by atoms with Crippen molar-refractivity contribution in [2.24, 2.45) is 0 Å². The van der Waals surface area contributed by atoms with Crippen LogP contribution in [0.15, 0.2) is 24.3 Å². The van der Waals surface area contributed by atoms with Gasteiger partial charge in [-0.05, 0) is 17.5 Å². The normalized spacial score (nSPS) is 9.87. The largest absolute Gasteiger partial charge is 0.465 e. The molecule has 0 N–H and O–H groups in total. The number of hydrogen-bond acceptors (Lipinski definition) is 3. The minimum atomic E-state index is -0.333. The summed E-state index contributed by atoms with van der Waals surface area (Å²) in [5.41, 5.74) is 0.584. The number of carbonyl (C=O) groups excluding carboxylic acids is 1. The molecule has 0 aliphatic carbocycles. The Morgan fingerprint density at radius 2 is 2.27 bits per heavy atom. The lowest BCUT2D eigenvalue weighted by Gasteiger charge is -1.90. The molecule has 1 heterocycles. The summed E-state index contributed by atoms with van der Waals surface area (Å²) < 4.78 is 5.57. The molecule has 0 aliphatic heterocycles. The third kappa shape index (κ3) is 1.69. The molecule has 3 nitrogen and oxygen atoms in total. The van der Waals surface area contributed by atoms with Gasteiger partial charge >= 0.3 is 5.97 Å². The molecule has 0 atom stereocenters. The van der Waals surface area contributed by atoms with Crippen molar-refractivity contribution >= 4 is 33.1 Å². The Morgan fingerprint density at radius 3 is 2.93 bits per heavy atom. The van der Waals surface area contributed by atoms with Gasteiger partial charge in [-0.1, -0.05) is 12.1 Å². The van der Waals surface area contributed by atoms with Gasteiger partial charge in [0.2, 0.25) is 0 Å². The first-order valence-corrected chi connectivity index (χ1v) is 5.05. The number of ether oxygens (including phenoxy) is 1. The van der Waals surface area contributed by atoms with Gasteiger partial charge < -0.3 is 4.74 Å². The summed E-state index contributed by atoms with van der Waals surface area (Å²) >= 11 is 1.34. The van der Waals surface area contributed by atoms with Gasteiger partial charge in [0.1, 0.15) is 4.88 Å². The van der Waals surface area contributed by atoms with Crippen LogP contribution in [-0.2, 0) is 4.74 Å². The number of hydrogen-bond donors (Lipinski definition) is 0. The molecule has 0 fully saturated rings. The molecule has 0 unspecified atom stereocenters. The predicted octanol–water partition coefficient (Wildman–Crippen LogP) is 3.24. The highest BCUT2D eigenvalue weighted by molar-refractivity contribution is 7.20. The zero-order valence-electron chi connectivity index (χ0n) is 7.98. The monoisotopic (exact) mass is 217 g/mol. The van der Waals surface area contributed by atoms with Gasteiger partial charge in [0, 0.05) is 4.70 Å². The molecule has 0 aliphatic rings. The third-order valence-corrected chi connectivity index (χ3v) is 3.10. The fraction of sp³-hybridized carbons (Fsp3) is 0.0909. The summed E-state index contributed by atoms with van der Waals surface area (Å²) in [6, 6.07) is 7.13. The molecule has 1 aromatic heterocycles. The average Bonchev–Trinajstić information content (AvgIpc) is 2.70. The highest BCUT2D eigenvalue weighted by Crippen LogP contribution is 2.29. The van der Waals surface area contributed by atoms with Crippen LogP contribution < -0.4 is 0 Å². The summed E-state index contributed by atoms with van der Waals surface area (Å²) in [5.74, 6) is -0.333. The molecular weight excluding hydrogens is 210 g/mol. The van der Waals surface area contributed by atoms with Crippen molar-refractivity contribution in [2.45, 2.75) is 0 Å². The van der Waals surface area contributed by atoms with E-state index in [9.17, 15) is 4.79 Å². The van der Waals surface area contributed by atoms with E-state index < -0.39 is 0 Å². The number of thiophene rings is 1. The standard InChI is InChI=1S/C11H7NO2S/c1-12-8-4-3-7-5-10(11(13)14-2)15-9(7)6-8/h3-6H,2H3. The van der Waals surface area contributed by atoms with Crippen molar-refractivity contribution in [3.05, 3.63) is 40.6 Å². The maximum atomic E-state index is 11.3. The van der Waals surface area contributed by atoms with Crippen molar-refractivity contribution in [1.82, 2.24) is 0 Å². The summed E-state index contributed by atoms with van der Waals surface area (Å²) in [4.78, 5) is 15.2. The molecule has 2 rings (SSSR count). The highest BCUT2D eigenvalue weighted by Gasteiger charge is 2.09. The van der Waals surface area contributed by atoms with Crippen molar-refractivity contribution in [2.75, 3.05) is 7.11 Å². The van der Waals surface area contributed by atoms with E-state index in [4.69, 9.17) is 6.57 Å². The maximum Gasteiger partial charge on any atom is 0.348 e. The molecule has 0 spiro atoms. The summed E-state index contributed by atoms with van der Waals surface area (Å²) in [6.07, 6.45) is 0. The fourth-order valence-corrected chi connectivity index (χ4v) is 2.30. The van der Waals surface area contributed by atoms with Gasteiger partial charge in [-0.15, -0.1) is 11.3 Å². The van der Waals surface area contributed by atoms with E-state index >= 15 is 0 Å². The first kappa shape index (κ1) is 9.69. The van der Waals surface area contributed by atoms with E-state index in [1.807, 2.05) is 6.07 Å². The Labute approximate surface area is 90.7 Å². The Morgan fingerprint density at radius 1 is 1.47 bits per heavy atom. The van der Waals surface area contributed by atoms with Gasteiger partial charge in [0.25, 0.3) is 0 Å². The van der Waals surface area contributed by atoms with Crippen LogP contribution in [0.4, 0.5) is 5.69 Å². The molecule has 0 amide bonds. The van der Waals surface area contributed by atoms with Crippen molar-refractivity contribution in [3.8, 4) is 0 Å². The topological polar surface area (TPSA) is 30.7 Å². The van der Waals surface area contributed by atoms with E-state index in [1.165, 1.54) is 18.4 Å². The first-order valence-electron chi connectivity index (χ1n) is 4.24. The number of fused-ring (bicyclic) bond motifs is 1. The third-order valence-electron chi connectivity index (χ3n) is 2.02. The van der Waals surface area contributed by atoms with Gasteiger partial charge in [-0.3, -0.25) is 0 Å². The lowest BCUT2D eigenvalue weighted by Crippen LogP contribution is -1.96. The lowest BCUT2D eigenvalue weighted by molar-refractivity contribution is 0.0606. The summed E-state index contributed by atoms with van der Waals surface area (Å²) in [5, 5.41) is 0.966. The van der Waals surface area contributed by atoms with Crippen LogP contribution in [0.1, 0.15) is 9.67 Å². The Kier molecular flexibility index (Phi) is 2.40. The minimum absolute atomic E-state index is 0.333. The number of benzene rings is 1. The second kappa shape index (κ2) is 3.71. The SMILES string of the molecule is [C-]#[N+]c1ccc2cc(C(=O)OC)sc2c1. The molecule has 4 heteroatoms. The molecule has 1 aromatic carbocycles. The zero-order valence-corrected chi connectivity index (χ0v) is 8.80. The van der Waals surface area contributed by atoms with Crippen molar-refractivity contribution in [1.29, 1.82) is 0 Å². The van der Waals surface area contributed by atoms with Crippen LogP contribution in [0.3, 0.4) is 0 Å². The zero-order chi connectivity index (χ0) is 10.8. The van der Waals surface area contributed by atoms with Crippen LogP contribution in [-0.4, -0.2) is 13.1 Å². The number of nitrogens with zero attached hydrogens (tertiary/aromatic N) is 1. The molecule has 0 bridgehead atoms. The van der Waals surface area contributed by atoms with Gasteiger partial charge in [0.15, 0.2) is 5.69 Å². The molecule has 0 radical (unpaired) electrons. The first-order chi connectivity index (χ1) is 7.24. The fourth-order valence-electron chi connectivity index (χ4n) is 1.29. The second-order valence-electron chi connectivity index (χ2n) is 2.94. The molecule has 2 aromatic rings. The van der Waals surface area contributed by atoms with Crippen LogP contribution in [0.5, 0.6) is 0 Å². The number of carbonyl (C=O) groups is 1. The molecule has 74 valence electrons. The Hall–Kier alpha value is -1.86. The molecule has 0 saturated heterocycles. The van der Waals surface area contributed by atoms with E-state index in [1.54, 1.807) is 18.2 Å². The lowest BCUT2D eigenvalue weighted by atomic mass is 10.2. The van der Waals surface area contributed by atoms with E-state index in [0.717, 1.165) is 10.1 Å². The van der Waals surface area contributed by atoms with Crippen LogP contribution in [0.25, 0.3) is 14.9 Å². The van der Waals surface area contributed by atoms with Gasteiger partial charge in [-0.2, -0.15) is 0 Å². The summed E-state index contributed by atoms with van der Waals surface area (Å²) in [7, 11) is 1.36. The predicted molar refractivity (Wildman–Crippen MR) is 59.4 cm³/mol. The molecule has 15 heavy (non-hydrogen) atoms. The Balaban J connectivity index is 2.57. The van der Waals surface area contributed by atoms with E-state index in [2.05, 4.69) is 9.58 Å². The van der Waals surface area contributed by atoms with Crippen LogP contribution in [0.2, 0.25) is 0 Å². The minimum Gasteiger partial charge on any atom is -0.465 e.